The molecule has 0 rings (SSSR count). The molecule has 0 heterocycles. The van der Waals surface area contributed by atoms with Gasteiger partial charge in [-0.15, -0.1) is 0 Å². The second-order valence-electron chi connectivity index (χ2n) is 13.7. The molecule has 358 valence electrons. The number of carbonyl (C=O) groups is 2. The molecule has 60 heavy (non-hydrogen) atoms. The number of carboxylic acid groups (broad SMARTS) is 1. The van der Waals surface area contributed by atoms with Crippen molar-refractivity contribution in [2.75, 3.05) is 178 Å². The van der Waals surface area contributed by atoms with Crippen LogP contribution in [0.1, 0.15) is 90.4 Å². The van der Waals surface area contributed by atoms with Crippen LogP contribution in [0, 0.1) is 0 Å². The lowest BCUT2D eigenvalue weighted by Crippen LogP contribution is -2.25. The summed E-state index contributed by atoms with van der Waals surface area (Å²) in [5, 5.41) is 11.2. The molecule has 0 radical (unpaired) electrons. The highest BCUT2D eigenvalue weighted by Gasteiger charge is 2.04. The molecule has 17 heteroatoms. The van der Waals surface area contributed by atoms with Crippen LogP contribution in [0.3, 0.4) is 0 Å². The molecule has 0 aromatic heterocycles. The molecule has 0 aliphatic rings. The normalized spacial score (nSPS) is 11.5. The van der Waals surface area contributed by atoms with Crippen molar-refractivity contribution in [2.45, 2.75) is 90.4 Å². The Kier molecular flexibility index (Phi) is 52.1. The largest absolute Gasteiger partial charge is 0.481 e. The van der Waals surface area contributed by atoms with Crippen LogP contribution in [0.25, 0.3) is 0 Å². The van der Waals surface area contributed by atoms with E-state index in [2.05, 4.69) is 12.2 Å². The van der Waals surface area contributed by atoms with Crippen molar-refractivity contribution in [3.63, 3.8) is 0 Å². The topological polar surface area (TPSA) is 186 Å². The number of amides is 1. The molecule has 2 N–H and O–H groups in total. The molecule has 0 aromatic rings. The van der Waals surface area contributed by atoms with Crippen LogP contribution in [0.5, 0.6) is 0 Å². The van der Waals surface area contributed by atoms with Crippen molar-refractivity contribution in [1.82, 2.24) is 5.32 Å². The summed E-state index contributed by atoms with van der Waals surface area (Å²) in [5.41, 5.74) is 0. The third-order valence-electron chi connectivity index (χ3n) is 8.46. The Morgan fingerprint density at radius 3 is 0.817 bits per heavy atom. The van der Waals surface area contributed by atoms with Crippen LogP contribution < -0.4 is 5.32 Å². The zero-order chi connectivity index (χ0) is 43.3. The standard InChI is InChI=1S/C43H85NO16/c1-2-3-4-5-6-7-8-9-10-11-16-48-18-20-50-22-24-52-26-28-54-30-32-56-34-36-58-38-40-60-41-39-59-37-35-57-33-31-55-29-27-53-25-23-51-21-19-49-17-12-15-44-42(45)13-14-43(46)47/h2-41H2,1H3,(H,44,45)(H,46,47). The molecule has 0 fully saturated rings. The Balaban J connectivity index is 3.08. The molecular weight excluding hydrogens is 786 g/mol. The van der Waals surface area contributed by atoms with Gasteiger partial charge in [0, 0.05) is 26.2 Å². The minimum absolute atomic E-state index is 0.0111. The SMILES string of the molecule is CCCCCCCCCCCCOCCOCCOCCOCCOCCOCCOCCOCCOCCOCCOCCOCCOCCCNC(=O)CCC(=O)O. The van der Waals surface area contributed by atoms with Gasteiger partial charge >= 0.3 is 5.97 Å². The van der Waals surface area contributed by atoms with E-state index in [4.69, 9.17) is 66.7 Å². The fourth-order valence-electron chi connectivity index (χ4n) is 5.14. The van der Waals surface area contributed by atoms with Crippen LogP contribution >= 0.6 is 0 Å². The first kappa shape index (κ1) is 58.4. The number of hydrogen-bond acceptors (Lipinski definition) is 15. The van der Waals surface area contributed by atoms with E-state index in [9.17, 15) is 9.59 Å². The maximum absolute atomic E-state index is 11.4. The molecular formula is C43H85NO16. The molecule has 0 spiro atoms. The molecule has 0 atom stereocenters. The smallest absolute Gasteiger partial charge is 0.303 e. The number of rotatable bonds is 54. The van der Waals surface area contributed by atoms with E-state index in [-0.39, 0.29) is 18.7 Å². The Morgan fingerprint density at radius 1 is 0.317 bits per heavy atom. The third kappa shape index (κ3) is 54.4. The second kappa shape index (κ2) is 53.6. The predicted octanol–water partition coefficient (Wildman–Crippen LogP) is 4.49. The van der Waals surface area contributed by atoms with E-state index in [1.54, 1.807) is 0 Å². The van der Waals surface area contributed by atoms with E-state index in [1.165, 1.54) is 57.8 Å². The summed E-state index contributed by atoms with van der Waals surface area (Å²) < 4.78 is 71.6. The van der Waals surface area contributed by atoms with E-state index in [0.29, 0.717) is 178 Å². The highest BCUT2D eigenvalue weighted by atomic mass is 16.6. The second-order valence-corrected chi connectivity index (χ2v) is 13.7. The summed E-state index contributed by atoms with van der Waals surface area (Å²) >= 11 is 0. The van der Waals surface area contributed by atoms with Crippen molar-refractivity contribution < 1.29 is 76.3 Å². The fraction of sp³-hybridized carbons (Fsp3) is 0.953. The zero-order valence-corrected chi connectivity index (χ0v) is 37.4. The summed E-state index contributed by atoms with van der Waals surface area (Å²) in [6.45, 7) is 16.2. The first-order valence-corrected chi connectivity index (χ1v) is 22.7. The van der Waals surface area contributed by atoms with Crippen LogP contribution in [0.2, 0.25) is 0 Å². The fourth-order valence-corrected chi connectivity index (χ4v) is 5.14. The summed E-state index contributed by atoms with van der Waals surface area (Å²) in [6, 6.07) is 0. The lowest BCUT2D eigenvalue weighted by Gasteiger charge is -2.09. The maximum Gasteiger partial charge on any atom is 0.303 e. The Bertz CT molecular complexity index is 847. The van der Waals surface area contributed by atoms with Crippen molar-refractivity contribution in [2.24, 2.45) is 0 Å². The lowest BCUT2D eigenvalue weighted by molar-refractivity contribution is -0.138. The molecule has 0 saturated heterocycles. The van der Waals surface area contributed by atoms with Gasteiger partial charge in [0.25, 0.3) is 0 Å². The number of unbranched alkanes of at least 4 members (excludes halogenated alkanes) is 9. The first-order chi connectivity index (χ1) is 29.7. The summed E-state index contributed by atoms with van der Waals surface area (Å²) in [6.07, 6.45) is 13.8. The average Bonchev–Trinajstić information content (AvgIpc) is 3.24. The van der Waals surface area contributed by atoms with Gasteiger partial charge in [-0.05, 0) is 12.8 Å². The Labute approximate surface area is 361 Å². The van der Waals surface area contributed by atoms with Crippen LogP contribution in [0.4, 0.5) is 0 Å². The van der Waals surface area contributed by atoms with Gasteiger partial charge in [0.05, 0.1) is 165 Å². The highest BCUT2D eigenvalue weighted by Crippen LogP contribution is 2.10. The molecule has 0 unspecified atom stereocenters. The van der Waals surface area contributed by atoms with Crippen molar-refractivity contribution >= 4 is 11.9 Å². The van der Waals surface area contributed by atoms with Gasteiger partial charge in [0.1, 0.15) is 0 Å². The Hall–Kier alpha value is -1.58. The lowest BCUT2D eigenvalue weighted by atomic mass is 10.1. The van der Waals surface area contributed by atoms with Crippen molar-refractivity contribution in [3.8, 4) is 0 Å². The molecule has 0 aliphatic carbocycles. The van der Waals surface area contributed by atoms with E-state index in [0.717, 1.165) is 13.0 Å². The van der Waals surface area contributed by atoms with Gasteiger partial charge in [0.15, 0.2) is 0 Å². The van der Waals surface area contributed by atoms with Gasteiger partial charge < -0.3 is 72.0 Å². The van der Waals surface area contributed by atoms with Crippen LogP contribution in [0.15, 0.2) is 0 Å². The van der Waals surface area contributed by atoms with Gasteiger partial charge in [-0.25, -0.2) is 0 Å². The predicted molar refractivity (Wildman–Crippen MR) is 227 cm³/mol. The first-order valence-electron chi connectivity index (χ1n) is 22.7. The van der Waals surface area contributed by atoms with Crippen LogP contribution in [-0.2, 0) is 71.2 Å². The van der Waals surface area contributed by atoms with Crippen LogP contribution in [-0.4, -0.2) is 195 Å². The number of carbonyl (C=O) groups excluding carboxylic acids is 1. The quantitative estimate of drug-likeness (QED) is 0.0814. The van der Waals surface area contributed by atoms with Gasteiger partial charge in [-0.2, -0.15) is 0 Å². The van der Waals surface area contributed by atoms with Gasteiger partial charge in [-0.1, -0.05) is 64.7 Å². The Morgan fingerprint density at radius 2 is 0.550 bits per heavy atom. The zero-order valence-electron chi connectivity index (χ0n) is 37.4. The molecule has 0 bridgehead atoms. The molecule has 0 aromatic carbocycles. The van der Waals surface area contributed by atoms with E-state index >= 15 is 0 Å². The molecule has 17 nitrogen and oxygen atoms in total. The summed E-state index contributed by atoms with van der Waals surface area (Å²) in [5.74, 6) is -1.25. The van der Waals surface area contributed by atoms with E-state index in [1.807, 2.05) is 0 Å². The monoisotopic (exact) mass is 872 g/mol. The summed E-state index contributed by atoms with van der Waals surface area (Å²) in [7, 11) is 0. The number of nitrogens with one attached hydrogen (secondary N) is 1. The van der Waals surface area contributed by atoms with Crippen molar-refractivity contribution in [3.05, 3.63) is 0 Å². The number of carboxylic acids is 1. The number of aliphatic carboxylic acids is 1. The molecule has 0 aliphatic heterocycles. The van der Waals surface area contributed by atoms with Gasteiger partial charge in [0.2, 0.25) is 5.91 Å². The molecule has 0 saturated carbocycles. The third-order valence-corrected chi connectivity index (χ3v) is 8.46. The summed E-state index contributed by atoms with van der Waals surface area (Å²) in [4.78, 5) is 21.8. The van der Waals surface area contributed by atoms with Gasteiger partial charge in [-0.3, -0.25) is 9.59 Å². The van der Waals surface area contributed by atoms with Crippen molar-refractivity contribution in [1.29, 1.82) is 0 Å². The average molecular weight is 872 g/mol. The maximum atomic E-state index is 11.4. The molecule has 1 amide bonds. The van der Waals surface area contributed by atoms with E-state index < -0.39 is 5.97 Å². The minimum Gasteiger partial charge on any atom is -0.481 e. The number of ether oxygens (including phenoxy) is 13. The minimum atomic E-state index is -0.983. The number of hydrogen-bond donors (Lipinski definition) is 2. The highest BCUT2D eigenvalue weighted by molar-refractivity contribution is 5.80.